The molecule has 0 bridgehead atoms. The highest BCUT2D eigenvalue weighted by atomic mass is 32.1. The van der Waals surface area contributed by atoms with Gasteiger partial charge in [0.1, 0.15) is 5.84 Å². The second kappa shape index (κ2) is 5.83. The number of hydrogen-bond donors (Lipinski definition) is 2. The van der Waals surface area contributed by atoms with Gasteiger partial charge in [-0.05, 0) is 24.1 Å². The summed E-state index contributed by atoms with van der Waals surface area (Å²) >= 11 is 1.58. The van der Waals surface area contributed by atoms with E-state index < -0.39 is 0 Å². The first-order chi connectivity index (χ1) is 8.72. The van der Waals surface area contributed by atoms with Crippen LogP contribution in [0.4, 0.5) is 0 Å². The minimum absolute atomic E-state index is 0.150. The van der Waals surface area contributed by atoms with Crippen molar-refractivity contribution in [2.75, 3.05) is 0 Å². The summed E-state index contributed by atoms with van der Waals surface area (Å²) in [5.41, 5.74) is 6.76. The summed E-state index contributed by atoms with van der Waals surface area (Å²) < 4.78 is 1.19. The van der Waals surface area contributed by atoms with Crippen molar-refractivity contribution in [1.29, 1.82) is 5.41 Å². The molecular weight excluding hydrogens is 240 g/mol. The predicted octanol–water partition coefficient (Wildman–Crippen LogP) is 4.39. The first kappa shape index (κ1) is 12.8. The highest BCUT2D eigenvalue weighted by molar-refractivity contribution is 7.20. The Morgan fingerprint density at radius 3 is 3.00 bits per heavy atom. The van der Waals surface area contributed by atoms with Crippen LogP contribution in [0.15, 0.2) is 30.3 Å². The number of nitrogens with one attached hydrogen (secondary N) is 1. The largest absolute Gasteiger partial charge is 0.383 e. The zero-order valence-electron chi connectivity index (χ0n) is 10.6. The van der Waals surface area contributed by atoms with Crippen LogP contribution in [0.2, 0.25) is 0 Å². The fourth-order valence-electron chi connectivity index (χ4n) is 1.89. The molecular formula is C15H18N2S. The fourth-order valence-corrected chi connectivity index (χ4v) is 2.85. The molecule has 0 spiro atoms. The van der Waals surface area contributed by atoms with E-state index >= 15 is 0 Å². The van der Waals surface area contributed by atoms with Gasteiger partial charge in [0, 0.05) is 10.1 Å². The van der Waals surface area contributed by atoms with Crippen LogP contribution in [-0.2, 0) is 0 Å². The zero-order valence-corrected chi connectivity index (χ0v) is 11.4. The molecule has 1 aromatic carbocycles. The van der Waals surface area contributed by atoms with E-state index in [1.54, 1.807) is 11.3 Å². The molecule has 0 aliphatic heterocycles. The molecule has 0 fully saturated rings. The van der Waals surface area contributed by atoms with E-state index in [1.165, 1.54) is 28.5 Å². The third kappa shape index (κ3) is 2.79. The van der Waals surface area contributed by atoms with Gasteiger partial charge in [0.05, 0.1) is 4.88 Å². The number of thiophene rings is 1. The smallest absolute Gasteiger partial charge is 0.133 e. The van der Waals surface area contributed by atoms with E-state index in [2.05, 4.69) is 37.3 Å². The number of unbranched alkanes of at least 4 members (excludes halogenated alkanes) is 2. The number of allylic oxidation sites excluding steroid dienone is 1. The fraction of sp³-hybridized carbons (Fsp3) is 0.267. The maximum atomic E-state index is 7.50. The van der Waals surface area contributed by atoms with Gasteiger partial charge in [-0.15, -0.1) is 11.3 Å². The SMILES string of the molecule is CCCCC=Cc1cccc2sc(C(=N)N)cc12. The number of rotatable bonds is 5. The minimum Gasteiger partial charge on any atom is -0.383 e. The van der Waals surface area contributed by atoms with Gasteiger partial charge in [0.15, 0.2) is 0 Å². The molecule has 2 aromatic rings. The van der Waals surface area contributed by atoms with Crippen LogP contribution in [-0.4, -0.2) is 5.84 Å². The molecule has 0 amide bonds. The van der Waals surface area contributed by atoms with E-state index in [0.29, 0.717) is 0 Å². The molecule has 0 unspecified atom stereocenters. The number of amidine groups is 1. The van der Waals surface area contributed by atoms with Crippen LogP contribution in [0.1, 0.15) is 36.6 Å². The Hall–Kier alpha value is -1.61. The van der Waals surface area contributed by atoms with Crippen molar-refractivity contribution in [3.05, 3.63) is 40.8 Å². The summed E-state index contributed by atoms with van der Waals surface area (Å²) in [6.07, 6.45) is 7.98. The quantitative estimate of drug-likeness (QED) is 0.466. The number of nitrogens with two attached hydrogens (primary N) is 1. The Morgan fingerprint density at radius 2 is 2.28 bits per heavy atom. The van der Waals surface area contributed by atoms with Crippen molar-refractivity contribution in [3.8, 4) is 0 Å². The Bertz CT molecular complexity index is 581. The van der Waals surface area contributed by atoms with Gasteiger partial charge in [0.2, 0.25) is 0 Å². The standard InChI is InChI=1S/C15H18N2S/c1-2-3-4-5-7-11-8-6-9-13-12(11)10-14(18-13)15(16)17/h5-10H,2-4H2,1H3,(H3,16,17). The number of hydrogen-bond acceptors (Lipinski definition) is 2. The van der Waals surface area contributed by atoms with Crippen LogP contribution in [0.3, 0.4) is 0 Å². The topological polar surface area (TPSA) is 49.9 Å². The molecule has 0 radical (unpaired) electrons. The summed E-state index contributed by atoms with van der Waals surface area (Å²) in [5.74, 6) is 0.150. The molecule has 94 valence electrons. The van der Waals surface area contributed by atoms with E-state index in [4.69, 9.17) is 11.1 Å². The number of fused-ring (bicyclic) bond motifs is 1. The molecule has 0 saturated carbocycles. The lowest BCUT2D eigenvalue weighted by Gasteiger charge is -1.96. The molecule has 1 heterocycles. The first-order valence-electron chi connectivity index (χ1n) is 6.26. The minimum atomic E-state index is 0.150. The molecule has 0 saturated heterocycles. The van der Waals surface area contributed by atoms with Crippen LogP contribution in [0, 0.1) is 5.41 Å². The average Bonchev–Trinajstić information content (AvgIpc) is 2.79. The van der Waals surface area contributed by atoms with Crippen molar-refractivity contribution in [2.45, 2.75) is 26.2 Å². The monoisotopic (exact) mass is 258 g/mol. The lowest BCUT2D eigenvalue weighted by atomic mass is 10.1. The molecule has 2 rings (SSSR count). The third-order valence-electron chi connectivity index (χ3n) is 2.88. The first-order valence-corrected chi connectivity index (χ1v) is 7.07. The van der Waals surface area contributed by atoms with Gasteiger partial charge < -0.3 is 5.73 Å². The average molecular weight is 258 g/mol. The van der Waals surface area contributed by atoms with E-state index in [0.717, 1.165) is 11.3 Å². The lowest BCUT2D eigenvalue weighted by molar-refractivity contribution is 0.816. The van der Waals surface area contributed by atoms with E-state index in [-0.39, 0.29) is 5.84 Å². The van der Waals surface area contributed by atoms with Crippen LogP contribution in [0.25, 0.3) is 16.2 Å². The second-order valence-corrected chi connectivity index (χ2v) is 5.41. The summed E-state index contributed by atoms with van der Waals surface area (Å²) in [7, 11) is 0. The van der Waals surface area contributed by atoms with Gasteiger partial charge in [-0.2, -0.15) is 0 Å². The molecule has 0 aliphatic rings. The van der Waals surface area contributed by atoms with Crippen molar-refractivity contribution in [3.63, 3.8) is 0 Å². The Labute approximate surface area is 112 Å². The second-order valence-electron chi connectivity index (χ2n) is 4.33. The Balaban J connectivity index is 2.32. The van der Waals surface area contributed by atoms with Crippen molar-refractivity contribution in [2.24, 2.45) is 5.73 Å². The van der Waals surface area contributed by atoms with Crippen molar-refractivity contribution in [1.82, 2.24) is 0 Å². The predicted molar refractivity (Wildman–Crippen MR) is 81.4 cm³/mol. The van der Waals surface area contributed by atoms with Crippen LogP contribution < -0.4 is 5.73 Å². The highest BCUT2D eigenvalue weighted by Crippen LogP contribution is 2.28. The van der Waals surface area contributed by atoms with E-state index in [1.807, 2.05) is 6.07 Å². The Morgan fingerprint density at radius 1 is 1.44 bits per heavy atom. The molecule has 0 atom stereocenters. The zero-order chi connectivity index (χ0) is 13.0. The highest BCUT2D eigenvalue weighted by Gasteiger charge is 2.06. The molecule has 3 N–H and O–H groups in total. The molecule has 1 aromatic heterocycles. The summed E-state index contributed by atoms with van der Waals surface area (Å²) in [6.45, 7) is 2.20. The number of benzene rings is 1. The Kier molecular flexibility index (Phi) is 4.15. The maximum absolute atomic E-state index is 7.50. The van der Waals surface area contributed by atoms with Gasteiger partial charge >= 0.3 is 0 Å². The van der Waals surface area contributed by atoms with Crippen molar-refractivity contribution < 1.29 is 0 Å². The normalized spacial score (nSPS) is 11.4. The van der Waals surface area contributed by atoms with Crippen LogP contribution in [0.5, 0.6) is 0 Å². The molecule has 18 heavy (non-hydrogen) atoms. The van der Waals surface area contributed by atoms with Gasteiger partial charge in [-0.3, -0.25) is 5.41 Å². The van der Waals surface area contributed by atoms with E-state index in [9.17, 15) is 0 Å². The molecule has 3 heteroatoms. The van der Waals surface area contributed by atoms with Crippen molar-refractivity contribution >= 4 is 33.3 Å². The number of nitrogen functional groups attached to an aromatic ring is 1. The van der Waals surface area contributed by atoms with Gasteiger partial charge in [-0.1, -0.05) is 44.1 Å². The summed E-state index contributed by atoms with van der Waals surface area (Å²) in [6, 6.07) is 8.27. The third-order valence-corrected chi connectivity index (χ3v) is 4.02. The lowest BCUT2D eigenvalue weighted by Crippen LogP contribution is -2.08. The van der Waals surface area contributed by atoms with Gasteiger partial charge in [-0.25, -0.2) is 0 Å². The molecule has 0 aliphatic carbocycles. The van der Waals surface area contributed by atoms with Gasteiger partial charge in [0.25, 0.3) is 0 Å². The summed E-state index contributed by atoms with van der Waals surface area (Å²) in [5, 5.41) is 8.70. The van der Waals surface area contributed by atoms with Crippen LogP contribution >= 0.6 is 11.3 Å². The molecule has 2 nitrogen and oxygen atoms in total. The summed E-state index contributed by atoms with van der Waals surface area (Å²) in [4.78, 5) is 0.847. The maximum Gasteiger partial charge on any atom is 0.133 e.